The average Bonchev–Trinajstić information content (AvgIpc) is 2.32. The summed E-state index contributed by atoms with van der Waals surface area (Å²) in [7, 11) is 0. The molecule has 2 aromatic rings. The van der Waals surface area contributed by atoms with Crippen molar-refractivity contribution in [1.82, 2.24) is 9.97 Å². The Balaban J connectivity index is 2.29. The number of hydrogen-bond acceptors (Lipinski definition) is 5. The predicted octanol–water partition coefficient (Wildman–Crippen LogP) is 1.81. The maximum atomic E-state index is 13.3. The third-order valence-corrected chi connectivity index (χ3v) is 2.06. The van der Waals surface area contributed by atoms with E-state index in [1.54, 1.807) is 18.2 Å². The number of para-hydroxylation sites is 1. The molecular weight excluding hydrogens is 221 g/mol. The molecule has 1 aromatic heterocycles. The Morgan fingerprint density at radius 1 is 1.35 bits per heavy atom. The molecule has 0 radical (unpaired) electrons. The maximum absolute atomic E-state index is 13.3. The van der Waals surface area contributed by atoms with E-state index in [4.69, 9.17) is 11.0 Å². The van der Waals surface area contributed by atoms with Gasteiger partial charge in [-0.3, -0.25) is 0 Å². The number of rotatable bonds is 2. The van der Waals surface area contributed by atoms with Crippen molar-refractivity contribution in [2.75, 3.05) is 11.1 Å². The van der Waals surface area contributed by atoms with Crippen LogP contribution in [0.3, 0.4) is 0 Å². The van der Waals surface area contributed by atoms with E-state index in [0.717, 1.165) is 0 Å². The Kier molecular flexibility index (Phi) is 2.83. The molecule has 5 nitrogen and oxygen atoms in total. The van der Waals surface area contributed by atoms with Crippen molar-refractivity contribution in [1.29, 1.82) is 5.26 Å². The summed E-state index contributed by atoms with van der Waals surface area (Å²) in [6, 6.07) is 7.97. The first-order valence-corrected chi connectivity index (χ1v) is 4.75. The summed E-state index contributed by atoms with van der Waals surface area (Å²) in [6.45, 7) is 0. The van der Waals surface area contributed by atoms with E-state index in [2.05, 4.69) is 15.3 Å². The lowest BCUT2D eigenvalue weighted by Gasteiger charge is -2.06. The number of nitrogens with two attached hydrogens (primary N) is 1. The lowest BCUT2D eigenvalue weighted by molar-refractivity contribution is 0.631. The van der Waals surface area contributed by atoms with E-state index in [1.807, 2.05) is 6.07 Å². The molecule has 84 valence electrons. The average molecular weight is 229 g/mol. The Morgan fingerprint density at radius 2 is 2.12 bits per heavy atom. The van der Waals surface area contributed by atoms with E-state index >= 15 is 0 Å². The number of nitrogen functional groups attached to an aromatic ring is 1. The highest BCUT2D eigenvalue weighted by Crippen LogP contribution is 2.17. The van der Waals surface area contributed by atoms with Crippen LogP contribution in [0.5, 0.6) is 0 Å². The van der Waals surface area contributed by atoms with Crippen LogP contribution < -0.4 is 11.1 Å². The zero-order chi connectivity index (χ0) is 12.3. The van der Waals surface area contributed by atoms with Crippen molar-refractivity contribution in [3.05, 3.63) is 41.8 Å². The van der Waals surface area contributed by atoms with Crippen molar-refractivity contribution in [2.24, 2.45) is 0 Å². The fourth-order valence-electron chi connectivity index (χ4n) is 1.22. The van der Waals surface area contributed by atoms with Crippen LogP contribution in [0.25, 0.3) is 0 Å². The van der Waals surface area contributed by atoms with E-state index in [-0.39, 0.29) is 23.0 Å². The van der Waals surface area contributed by atoms with Crippen molar-refractivity contribution in [3.63, 3.8) is 0 Å². The molecule has 0 bridgehead atoms. The molecule has 0 unspecified atom stereocenters. The van der Waals surface area contributed by atoms with Crippen LogP contribution in [0.15, 0.2) is 30.5 Å². The normalized spacial score (nSPS) is 9.65. The Bertz CT molecular complexity index is 591. The maximum Gasteiger partial charge on any atom is 0.229 e. The van der Waals surface area contributed by atoms with E-state index < -0.39 is 5.82 Å². The Morgan fingerprint density at radius 3 is 2.76 bits per heavy atom. The highest BCUT2D eigenvalue weighted by atomic mass is 19.1. The molecule has 3 N–H and O–H groups in total. The van der Waals surface area contributed by atoms with Crippen molar-refractivity contribution in [2.45, 2.75) is 0 Å². The molecule has 6 heteroatoms. The van der Waals surface area contributed by atoms with Gasteiger partial charge in [0.15, 0.2) is 0 Å². The third-order valence-electron chi connectivity index (χ3n) is 2.06. The van der Waals surface area contributed by atoms with Crippen LogP contribution in [0.1, 0.15) is 5.56 Å². The molecule has 0 atom stereocenters. The fourth-order valence-corrected chi connectivity index (χ4v) is 1.22. The van der Waals surface area contributed by atoms with Gasteiger partial charge in [-0.15, -0.1) is 0 Å². The van der Waals surface area contributed by atoms with Crippen molar-refractivity contribution < 1.29 is 4.39 Å². The first-order chi connectivity index (χ1) is 8.20. The van der Waals surface area contributed by atoms with Crippen LogP contribution in [0, 0.1) is 17.1 Å². The minimum absolute atomic E-state index is 0.0568. The van der Waals surface area contributed by atoms with Crippen molar-refractivity contribution >= 4 is 17.5 Å². The first kappa shape index (κ1) is 10.8. The number of nitriles is 1. The number of nitrogens with one attached hydrogen (secondary N) is 1. The molecule has 0 aliphatic rings. The van der Waals surface area contributed by atoms with Gasteiger partial charge < -0.3 is 11.1 Å². The van der Waals surface area contributed by atoms with Crippen LogP contribution in [-0.2, 0) is 0 Å². The van der Waals surface area contributed by atoms with Crippen molar-refractivity contribution in [3.8, 4) is 6.07 Å². The second kappa shape index (κ2) is 4.45. The zero-order valence-corrected chi connectivity index (χ0v) is 8.68. The van der Waals surface area contributed by atoms with E-state index in [0.29, 0.717) is 0 Å². The van der Waals surface area contributed by atoms with Crippen LogP contribution in [-0.4, -0.2) is 9.97 Å². The van der Waals surface area contributed by atoms with Gasteiger partial charge in [0.25, 0.3) is 0 Å². The second-order valence-electron chi connectivity index (χ2n) is 3.21. The minimum Gasteiger partial charge on any atom is -0.382 e. The lowest BCUT2D eigenvalue weighted by Crippen LogP contribution is -2.03. The Labute approximate surface area is 96.7 Å². The molecule has 0 spiro atoms. The quantitative estimate of drug-likeness (QED) is 0.819. The summed E-state index contributed by atoms with van der Waals surface area (Å²) in [5, 5.41) is 11.3. The monoisotopic (exact) mass is 229 g/mol. The number of hydrogen-bond donors (Lipinski definition) is 2. The number of benzene rings is 1. The van der Waals surface area contributed by atoms with E-state index in [9.17, 15) is 4.39 Å². The number of nitrogens with zero attached hydrogens (tertiary/aromatic N) is 3. The molecule has 0 saturated heterocycles. The van der Waals surface area contributed by atoms with Gasteiger partial charge in [-0.1, -0.05) is 12.1 Å². The summed E-state index contributed by atoms with van der Waals surface area (Å²) < 4.78 is 13.3. The van der Waals surface area contributed by atoms with Gasteiger partial charge in [0.2, 0.25) is 5.95 Å². The number of halogens is 1. The standard InChI is InChI=1S/C11H8FN5/c12-8-3-1-2-4-9(8)16-11-15-6-7(5-13)10(14)17-11/h1-4,6H,(H3,14,15,16,17). The molecule has 0 saturated carbocycles. The summed E-state index contributed by atoms with van der Waals surface area (Å²) in [4.78, 5) is 7.70. The fraction of sp³-hybridized carbons (Fsp3) is 0. The van der Waals surface area contributed by atoms with Crippen LogP contribution in [0.4, 0.5) is 21.8 Å². The van der Waals surface area contributed by atoms with Gasteiger partial charge in [0.05, 0.1) is 11.9 Å². The molecule has 0 aliphatic heterocycles. The van der Waals surface area contributed by atoms with E-state index in [1.165, 1.54) is 12.3 Å². The molecule has 1 heterocycles. The summed E-state index contributed by atoms with van der Waals surface area (Å²) >= 11 is 0. The molecule has 1 aromatic carbocycles. The number of anilines is 3. The van der Waals surface area contributed by atoms with Gasteiger partial charge >= 0.3 is 0 Å². The predicted molar refractivity (Wildman–Crippen MR) is 60.8 cm³/mol. The van der Waals surface area contributed by atoms with Crippen LogP contribution >= 0.6 is 0 Å². The molecule has 0 amide bonds. The molecule has 17 heavy (non-hydrogen) atoms. The minimum atomic E-state index is -0.418. The zero-order valence-electron chi connectivity index (χ0n) is 8.68. The largest absolute Gasteiger partial charge is 0.382 e. The van der Waals surface area contributed by atoms with Crippen LogP contribution in [0.2, 0.25) is 0 Å². The van der Waals surface area contributed by atoms with Gasteiger partial charge in [0.1, 0.15) is 23.3 Å². The smallest absolute Gasteiger partial charge is 0.229 e. The molecular formula is C11H8FN5. The third kappa shape index (κ3) is 2.29. The summed E-state index contributed by atoms with van der Waals surface area (Å²) in [6.07, 6.45) is 1.28. The second-order valence-corrected chi connectivity index (χ2v) is 3.21. The first-order valence-electron chi connectivity index (χ1n) is 4.75. The lowest BCUT2D eigenvalue weighted by atomic mass is 10.3. The molecule has 0 aliphatic carbocycles. The SMILES string of the molecule is N#Cc1cnc(Nc2ccccc2F)nc1N. The topological polar surface area (TPSA) is 87.6 Å². The van der Waals surface area contributed by atoms with Gasteiger partial charge in [-0.2, -0.15) is 10.2 Å². The summed E-state index contributed by atoms with van der Waals surface area (Å²) in [5.41, 5.74) is 5.95. The van der Waals surface area contributed by atoms with Gasteiger partial charge in [0, 0.05) is 0 Å². The Hall–Kier alpha value is -2.68. The van der Waals surface area contributed by atoms with Gasteiger partial charge in [-0.25, -0.2) is 9.37 Å². The number of aromatic nitrogens is 2. The molecule has 0 fully saturated rings. The molecule has 2 rings (SSSR count). The highest BCUT2D eigenvalue weighted by molar-refractivity contribution is 5.57. The highest BCUT2D eigenvalue weighted by Gasteiger charge is 2.05. The summed E-state index contributed by atoms with van der Waals surface area (Å²) in [5.74, 6) is -0.216. The van der Waals surface area contributed by atoms with Gasteiger partial charge in [-0.05, 0) is 12.1 Å².